The zero-order chi connectivity index (χ0) is 15.5. The Kier molecular flexibility index (Phi) is 4.27. The Balaban J connectivity index is 1.94. The summed E-state index contributed by atoms with van der Waals surface area (Å²) < 4.78 is 5.76. The Hall–Kier alpha value is -2.11. The molecule has 3 nitrogen and oxygen atoms in total. The van der Waals surface area contributed by atoms with Crippen LogP contribution in [-0.2, 0) is 4.79 Å². The topological polar surface area (TPSA) is 38.3 Å². The predicted octanol–water partition coefficient (Wildman–Crippen LogP) is 3.85. The lowest BCUT2D eigenvalue weighted by Crippen LogP contribution is -2.17. The highest BCUT2D eigenvalue weighted by atomic mass is 32.2. The summed E-state index contributed by atoms with van der Waals surface area (Å²) in [6.45, 7) is 0. The molecule has 0 radical (unpaired) electrons. The van der Waals surface area contributed by atoms with E-state index < -0.39 is 0 Å². The fraction of sp³-hybridized carbons (Fsp3) is 0.0588. The van der Waals surface area contributed by atoms with E-state index in [1.807, 2.05) is 54.6 Å². The maximum atomic E-state index is 11.7. The number of hydrogen-bond donors (Lipinski definition) is 1. The second kappa shape index (κ2) is 6.34. The molecular weight excluding hydrogens is 314 g/mol. The number of amides is 1. The molecule has 5 heteroatoms. The number of thioether (sulfide) groups is 1. The fourth-order valence-electron chi connectivity index (χ4n) is 2.18. The van der Waals surface area contributed by atoms with E-state index >= 15 is 0 Å². The minimum absolute atomic E-state index is 0.137. The van der Waals surface area contributed by atoms with Gasteiger partial charge in [0, 0.05) is 0 Å². The number of hydrogen-bond acceptors (Lipinski definition) is 4. The molecule has 2 aromatic carbocycles. The van der Waals surface area contributed by atoms with Crippen molar-refractivity contribution >= 4 is 40.3 Å². The molecule has 1 fully saturated rings. The number of carbonyl (C=O) groups excluding carboxylic acids is 1. The summed E-state index contributed by atoms with van der Waals surface area (Å²) in [5.74, 6) is 0.680. The zero-order valence-electron chi connectivity index (χ0n) is 11.8. The monoisotopic (exact) mass is 327 g/mol. The molecule has 0 atom stereocenters. The molecule has 1 aliphatic rings. The molecule has 22 heavy (non-hydrogen) atoms. The molecule has 0 aliphatic carbocycles. The molecule has 0 bridgehead atoms. The number of thiocarbonyl (C=S) groups is 1. The Morgan fingerprint density at radius 3 is 2.55 bits per heavy atom. The van der Waals surface area contributed by atoms with E-state index in [9.17, 15) is 4.79 Å². The van der Waals surface area contributed by atoms with Crippen molar-refractivity contribution in [2.75, 3.05) is 7.11 Å². The third kappa shape index (κ3) is 3.21. The summed E-state index contributed by atoms with van der Waals surface area (Å²) in [7, 11) is 1.65. The van der Waals surface area contributed by atoms with Gasteiger partial charge < -0.3 is 10.1 Å². The van der Waals surface area contributed by atoms with Crippen molar-refractivity contribution in [3.63, 3.8) is 0 Å². The molecule has 0 saturated carbocycles. The third-order valence-corrected chi connectivity index (χ3v) is 4.39. The maximum absolute atomic E-state index is 11.7. The van der Waals surface area contributed by atoms with E-state index in [0.717, 1.165) is 22.4 Å². The largest absolute Gasteiger partial charge is 0.497 e. The molecular formula is C17H13NO2S2. The van der Waals surface area contributed by atoms with Crippen LogP contribution in [0.5, 0.6) is 5.75 Å². The van der Waals surface area contributed by atoms with Gasteiger partial charge in [-0.15, -0.1) is 0 Å². The summed E-state index contributed by atoms with van der Waals surface area (Å²) in [6, 6.07) is 15.9. The van der Waals surface area contributed by atoms with Gasteiger partial charge in [0.2, 0.25) is 0 Å². The van der Waals surface area contributed by atoms with Crippen LogP contribution in [0, 0.1) is 0 Å². The van der Waals surface area contributed by atoms with Crippen molar-refractivity contribution in [2.24, 2.45) is 0 Å². The highest BCUT2D eigenvalue weighted by molar-refractivity contribution is 8.26. The summed E-state index contributed by atoms with van der Waals surface area (Å²) in [6.07, 6.45) is 1.85. The second-order valence-corrected chi connectivity index (χ2v) is 6.43. The van der Waals surface area contributed by atoms with E-state index in [1.165, 1.54) is 11.8 Å². The number of ether oxygens (including phenoxy) is 1. The van der Waals surface area contributed by atoms with Gasteiger partial charge in [0.1, 0.15) is 10.1 Å². The maximum Gasteiger partial charge on any atom is 0.263 e. The van der Waals surface area contributed by atoms with E-state index in [-0.39, 0.29) is 5.91 Å². The standard InChI is InChI=1S/C17H13NO2S2/c1-20-14-7-3-6-13(10-14)12-5-2-4-11(8-12)9-15-16(19)18-17(21)22-15/h2-10H,1H3,(H,18,19,21). The lowest BCUT2D eigenvalue weighted by Gasteiger charge is -2.06. The van der Waals surface area contributed by atoms with Crippen LogP contribution >= 0.6 is 24.0 Å². The minimum Gasteiger partial charge on any atom is -0.497 e. The second-order valence-electron chi connectivity index (χ2n) is 4.71. The summed E-state index contributed by atoms with van der Waals surface area (Å²) in [5.41, 5.74) is 3.10. The highest BCUT2D eigenvalue weighted by Gasteiger charge is 2.21. The highest BCUT2D eigenvalue weighted by Crippen LogP contribution is 2.28. The minimum atomic E-state index is -0.137. The zero-order valence-corrected chi connectivity index (χ0v) is 13.5. The van der Waals surface area contributed by atoms with Gasteiger partial charge >= 0.3 is 0 Å². The first kappa shape index (κ1) is 14.8. The van der Waals surface area contributed by atoms with Crippen molar-refractivity contribution in [1.29, 1.82) is 0 Å². The average Bonchev–Trinajstić information content (AvgIpc) is 2.85. The van der Waals surface area contributed by atoms with Crippen LogP contribution in [0.1, 0.15) is 5.56 Å². The van der Waals surface area contributed by atoms with Gasteiger partial charge in [-0.1, -0.05) is 54.3 Å². The quantitative estimate of drug-likeness (QED) is 0.686. The number of benzene rings is 2. The van der Waals surface area contributed by atoms with Gasteiger partial charge in [-0.05, 0) is 41.0 Å². The van der Waals surface area contributed by atoms with Gasteiger partial charge in [-0.3, -0.25) is 4.79 Å². The first-order chi connectivity index (χ1) is 10.7. The Morgan fingerprint density at radius 1 is 1.14 bits per heavy atom. The van der Waals surface area contributed by atoms with Crippen molar-refractivity contribution in [3.05, 3.63) is 59.0 Å². The van der Waals surface area contributed by atoms with Crippen molar-refractivity contribution < 1.29 is 9.53 Å². The third-order valence-electron chi connectivity index (χ3n) is 3.23. The number of methoxy groups -OCH3 is 1. The van der Waals surface area contributed by atoms with Gasteiger partial charge in [-0.2, -0.15) is 0 Å². The molecule has 0 aromatic heterocycles. The van der Waals surface area contributed by atoms with Crippen LogP contribution in [0.3, 0.4) is 0 Å². The molecule has 1 saturated heterocycles. The first-order valence-corrected chi connectivity index (χ1v) is 7.87. The molecule has 1 N–H and O–H groups in total. The summed E-state index contributed by atoms with van der Waals surface area (Å²) >= 11 is 6.28. The van der Waals surface area contributed by atoms with Crippen LogP contribution in [-0.4, -0.2) is 17.3 Å². The van der Waals surface area contributed by atoms with Crippen molar-refractivity contribution in [1.82, 2.24) is 5.32 Å². The summed E-state index contributed by atoms with van der Waals surface area (Å²) in [4.78, 5) is 12.3. The molecule has 1 aliphatic heterocycles. The number of nitrogens with one attached hydrogen (secondary N) is 1. The Morgan fingerprint density at radius 2 is 1.86 bits per heavy atom. The SMILES string of the molecule is COc1cccc(-c2cccc(C=C3SC(=S)NC3=O)c2)c1. The first-order valence-electron chi connectivity index (χ1n) is 6.65. The van der Waals surface area contributed by atoms with Gasteiger partial charge in [0.05, 0.1) is 12.0 Å². The molecule has 3 rings (SSSR count). The lowest BCUT2D eigenvalue weighted by atomic mass is 10.0. The smallest absolute Gasteiger partial charge is 0.263 e. The molecule has 110 valence electrons. The van der Waals surface area contributed by atoms with Crippen LogP contribution in [0.15, 0.2) is 53.4 Å². The molecule has 2 aromatic rings. The molecule has 1 amide bonds. The summed E-state index contributed by atoms with van der Waals surface area (Å²) in [5, 5.41) is 2.62. The fourth-order valence-corrected chi connectivity index (χ4v) is 3.23. The van der Waals surface area contributed by atoms with Crippen molar-refractivity contribution in [3.8, 4) is 16.9 Å². The van der Waals surface area contributed by atoms with E-state index in [4.69, 9.17) is 17.0 Å². The Bertz CT molecular complexity index is 784. The lowest BCUT2D eigenvalue weighted by molar-refractivity contribution is -0.115. The van der Waals surface area contributed by atoms with Crippen LogP contribution in [0.4, 0.5) is 0 Å². The Labute approximate surface area is 138 Å². The molecule has 0 unspecified atom stereocenters. The number of carbonyl (C=O) groups is 1. The van der Waals surface area contributed by atoms with E-state index in [0.29, 0.717) is 9.23 Å². The predicted molar refractivity (Wildman–Crippen MR) is 94.7 cm³/mol. The van der Waals surface area contributed by atoms with Crippen LogP contribution < -0.4 is 10.1 Å². The van der Waals surface area contributed by atoms with Crippen LogP contribution in [0.25, 0.3) is 17.2 Å². The van der Waals surface area contributed by atoms with Gasteiger partial charge in [0.15, 0.2) is 0 Å². The van der Waals surface area contributed by atoms with E-state index in [1.54, 1.807) is 7.11 Å². The van der Waals surface area contributed by atoms with Gasteiger partial charge in [0.25, 0.3) is 5.91 Å². The van der Waals surface area contributed by atoms with Crippen molar-refractivity contribution in [2.45, 2.75) is 0 Å². The van der Waals surface area contributed by atoms with Gasteiger partial charge in [-0.25, -0.2) is 0 Å². The number of rotatable bonds is 3. The normalized spacial score (nSPS) is 16.0. The van der Waals surface area contributed by atoms with Crippen LogP contribution in [0.2, 0.25) is 0 Å². The molecule has 1 heterocycles. The average molecular weight is 327 g/mol. The van der Waals surface area contributed by atoms with E-state index in [2.05, 4.69) is 5.32 Å². The molecule has 0 spiro atoms.